The summed E-state index contributed by atoms with van der Waals surface area (Å²) in [4.78, 5) is 24.9. The van der Waals surface area contributed by atoms with Crippen LogP contribution in [0.25, 0.3) is 5.78 Å². The normalized spacial score (nSPS) is 15.7. The molecule has 2 aromatic heterocycles. The number of nitrogens with one attached hydrogen (secondary N) is 1. The third-order valence-electron chi connectivity index (χ3n) is 6.14. The van der Waals surface area contributed by atoms with E-state index in [9.17, 15) is 18.0 Å². The van der Waals surface area contributed by atoms with Crippen LogP contribution in [0, 0.1) is 13.8 Å². The summed E-state index contributed by atoms with van der Waals surface area (Å²) < 4.78 is 39.9. The van der Waals surface area contributed by atoms with Gasteiger partial charge in [0.2, 0.25) is 5.91 Å². The van der Waals surface area contributed by atoms with Crippen LogP contribution in [-0.4, -0.2) is 68.5 Å². The summed E-state index contributed by atoms with van der Waals surface area (Å²) in [7, 11) is 2.13. The Hall–Kier alpha value is -3.05. The second kappa shape index (κ2) is 9.67. The molecule has 0 unspecified atom stereocenters. The molecule has 1 saturated heterocycles. The lowest BCUT2D eigenvalue weighted by molar-refractivity contribution is -0.144. The number of likely N-dealkylation sites (N-methyl/N-ethyl adjacent to an activating group) is 1. The molecule has 4 rings (SSSR count). The number of halogens is 3. The highest BCUT2D eigenvalue weighted by atomic mass is 19.4. The molecule has 0 radical (unpaired) electrons. The first kappa shape index (κ1) is 24.1. The van der Waals surface area contributed by atoms with Crippen molar-refractivity contribution >= 4 is 17.4 Å². The highest BCUT2D eigenvalue weighted by molar-refractivity contribution is 5.90. The van der Waals surface area contributed by atoms with E-state index in [1.165, 1.54) is 5.56 Å². The van der Waals surface area contributed by atoms with Crippen molar-refractivity contribution in [1.82, 2.24) is 29.4 Å². The van der Waals surface area contributed by atoms with Crippen LogP contribution in [0.1, 0.15) is 34.8 Å². The van der Waals surface area contributed by atoms with Crippen molar-refractivity contribution in [2.45, 2.75) is 39.4 Å². The van der Waals surface area contributed by atoms with Gasteiger partial charge in [-0.1, -0.05) is 12.1 Å². The minimum Gasteiger partial charge on any atom is -0.326 e. The van der Waals surface area contributed by atoms with Gasteiger partial charge in [-0.05, 0) is 50.6 Å². The molecule has 0 spiro atoms. The van der Waals surface area contributed by atoms with Gasteiger partial charge in [-0.3, -0.25) is 9.69 Å². The number of carbonyl (C=O) groups is 1. The molecule has 1 N–H and O–H groups in total. The second-order valence-electron chi connectivity index (χ2n) is 8.73. The Bertz CT molecular complexity index is 1170. The number of hydrogen-bond acceptors (Lipinski definition) is 6. The van der Waals surface area contributed by atoms with Crippen LogP contribution in [0.2, 0.25) is 0 Å². The fraction of sp³-hybridized carbons (Fsp3) is 0.478. The zero-order chi connectivity index (χ0) is 24.5. The van der Waals surface area contributed by atoms with Gasteiger partial charge in [-0.2, -0.15) is 18.2 Å². The number of carbonyl (C=O) groups excluding carboxylic acids is 1. The third kappa shape index (κ3) is 5.53. The minimum atomic E-state index is -4.64. The number of piperazine rings is 1. The fourth-order valence-corrected chi connectivity index (χ4v) is 4.11. The van der Waals surface area contributed by atoms with E-state index in [2.05, 4.69) is 37.2 Å². The molecular formula is C23H28F3N7O. The summed E-state index contributed by atoms with van der Waals surface area (Å²) in [6.07, 6.45) is -4.15. The van der Waals surface area contributed by atoms with Gasteiger partial charge in [0, 0.05) is 56.2 Å². The van der Waals surface area contributed by atoms with E-state index in [0.717, 1.165) is 37.2 Å². The van der Waals surface area contributed by atoms with Gasteiger partial charge in [-0.15, -0.1) is 5.10 Å². The number of nitrogens with zero attached hydrogens (tertiary/aromatic N) is 6. The number of benzene rings is 1. The number of alkyl halides is 3. The quantitative estimate of drug-likeness (QED) is 0.591. The zero-order valence-electron chi connectivity index (χ0n) is 19.5. The van der Waals surface area contributed by atoms with Crippen LogP contribution in [0.15, 0.2) is 24.3 Å². The molecule has 1 aromatic carbocycles. The fourth-order valence-electron chi connectivity index (χ4n) is 4.11. The maximum Gasteiger partial charge on any atom is 0.453 e. The monoisotopic (exact) mass is 475 g/mol. The van der Waals surface area contributed by atoms with Crippen LogP contribution in [-0.2, 0) is 23.9 Å². The predicted octanol–water partition coefficient (Wildman–Crippen LogP) is 3.08. The summed E-state index contributed by atoms with van der Waals surface area (Å²) >= 11 is 0. The number of aromatic nitrogens is 4. The number of rotatable bonds is 6. The van der Waals surface area contributed by atoms with E-state index in [0.29, 0.717) is 29.1 Å². The van der Waals surface area contributed by atoms with Crippen LogP contribution >= 0.6 is 0 Å². The molecule has 11 heteroatoms. The topological polar surface area (TPSA) is 78.7 Å². The van der Waals surface area contributed by atoms with Gasteiger partial charge >= 0.3 is 6.18 Å². The van der Waals surface area contributed by atoms with Crippen LogP contribution < -0.4 is 5.32 Å². The molecule has 1 amide bonds. The smallest absolute Gasteiger partial charge is 0.326 e. The average Bonchev–Trinajstić information content (AvgIpc) is 3.21. The molecule has 8 nitrogen and oxygen atoms in total. The Morgan fingerprint density at radius 2 is 1.74 bits per heavy atom. The van der Waals surface area contributed by atoms with Gasteiger partial charge in [0.05, 0.1) is 0 Å². The standard InChI is InChI=1S/C23H28F3N7O/c1-15-19(16(2)33-22(27-15)29-21(30-33)23(24,25)26)8-9-20(34)28-18-6-4-17(5-7-18)14-32-12-10-31(3)11-13-32/h4-7H,8-14H2,1-3H3,(H,28,34). The van der Waals surface area contributed by atoms with Gasteiger partial charge in [0.25, 0.3) is 11.6 Å². The van der Waals surface area contributed by atoms with Crippen molar-refractivity contribution in [1.29, 1.82) is 0 Å². The van der Waals surface area contributed by atoms with E-state index < -0.39 is 12.0 Å². The van der Waals surface area contributed by atoms with Crippen molar-refractivity contribution in [3.8, 4) is 0 Å². The summed E-state index contributed by atoms with van der Waals surface area (Å²) in [5, 5.41) is 6.43. The molecule has 1 aliphatic rings. The Balaban J connectivity index is 1.35. The molecule has 0 bridgehead atoms. The number of aryl methyl sites for hydroxylation is 2. The number of hydrogen-bond donors (Lipinski definition) is 1. The molecule has 0 saturated carbocycles. The Morgan fingerprint density at radius 1 is 1.06 bits per heavy atom. The first-order valence-electron chi connectivity index (χ1n) is 11.2. The number of anilines is 1. The van der Waals surface area contributed by atoms with Crippen LogP contribution in [0.4, 0.5) is 18.9 Å². The maximum absolute atomic E-state index is 13.0. The van der Waals surface area contributed by atoms with E-state index in [1.54, 1.807) is 13.8 Å². The first-order valence-corrected chi connectivity index (χ1v) is 11.2. The van der Waals surface area contributed by atoms with Gasteiger partial charge in [0.1, 0.15) is 0 Å². The van der Waals surface area contributed by atoms with Gasteiger partial charge in [-0.25, -0.2) is 9.50 Å². The molecule has 0 atom stereocenters. The SMILES string of the molecule is Cc1nc2nc(C(F)(F)F)nn2c(C)c1CCC(=O)Nc1ccc(CN2CCN(C)CC2)cc1. The lowest BCUT2D eigenvalue weighted by Crippen LogP contribution is -2.43. The van der Waals surface area contributed by atoms with Crippen molar-refractivity contribution in [3.63, 3.8) is 0 Å². The van der Waals surface area contributed by atoms with Crippen molar-refractivity contribution in [3.05, 3.63) is 52.6 Å². The number of amides is 1. The third-order valence-corrected chi connectivity index (χ3v) is 6.14. The molecule has 0 aliphatic carbocycles. The molecule has 34 heavy (non-hydrogen) atoms. The van der Waals surface area contributed by atoms with Crippen LogP contribution in [0.5, 0.6) is 0 Å². The lowest BCUT2D eigenvalue weighted by Gasteiger charge is -2.32. The Morgan fingerprint density at radius 3 is 2.38 bits per heavy atom. The maximum atomic E-state index is 13.0. The van der Waals surface area contributed by atoms with E-state index in [-0.39, 0.29) is 18.1 Å². The predicted molar refractivity (Wildman–Crippen MR) is 121 cm³/mol. The zero-order valence-corrected chi connectivity index (χ0v) is 19.5. The Kier molecular flexibility index (Phi) is 6.85. The number of fused-ring (bicyclic) bond motifs is 1. The molecule has 1 aliphatic heterocycles. The minimum absolute atomic E-state index is 0.104. The molecule has 182 valence electrons. The molecule has 3 aromatic rings. The summed E-state index contributed by atoms with van der Waals surface area (Å²) in [6, 6.07) is 7.81. The summed E-state index contributed by atoms with van der Waals surface area (Å²) in [5.74, 6) is -1.51. The second-order valence-corrected chi connectivity index (χ2v) is 8.73. The highest BCUT2D eigenvalue weighted by Gasteiger charge is 2.37. The lowest BCUT2D eigenvalue weighted by atomic mass is 10.1. The van der Waals surface area contributed by atoms with Crippen molar-refractivity contribution in [2.75, 3.05) is 38.5 Å². The molecular weight excluding hydrogens is 447 g/mol. The van der Waals surface area contributed by atoms with Gasteiger partial charge < -0.3 is 10.2 Å². The highest BCUT2D eigenvalue weighted by Crippen LogP contribution is 2.27. The summed E-state index contributed by atoms with van der Waals surface area (Å²) in [6.45, 7) is 8.45. The molecule has 3 heterocycles. The average molecular weight is 476 g/mol. The van der Waals surface area contributed by atoms with E-state index in [4.69, 9.17) is 0 Å². The molecule has 1 fully saturated rings. The first-order chi connectivity index (χ1) is 16.1. The van der Waals surface area contributed by atoms with E-state index in [1.807, 2.05) is 24.3 Å². The van der Waals surface area contributed by atoms with Gasteiger partial charge in [0.15, 0.2) is 0 Å². The Labute approximate surface area is 195 Å². The van der Waals surface area contributed by atoms with Crippen molar-refractivity contribution < 1.29 is 18.0 Å². The largest absolute Gasteiger partial charge is 0.453 e. The summed E-state index contributed by atoms with van der Waals surface area (Å²) in [5.41, 5.74) is 3.61. The van der Waals surface area contributed by atoms with Crippen molar-refractivity contribution in [2.24, 2.45) is 0 Å². The van der Waals surface area contributed by atoms with E-state index >= 15 is 0 Å². The van der Waals surface area contributed by atoms with Crippen LogP contribution in [0.3, 0.4) is 0 Å².